The van der Waals surface area contributed by atoms with E-state index >= 15 is 0 Å². The van der Waals surface area contributed by atoms with E-state index in [1.54, 1.807) is 0 Å². The summed E-state index contributed by atoms with van der Waals surface area (Å²) in [7, 11) is 0. The van der Waals surface area contributed by atoms with E-state index in [2.05, 4.69) is 168 Å². The first-order valence-corrected chi connectivity index (χ1v) is 15.8. The molecule has 206 valence electrons. The van der Waals surface area contributed by atoms with Gasteiger partial charge in [-0.1, -0.05) is 133 Å². The van der Waals surface area contributed by atoms with E-state index in [1.807, 2.05) is 11.8 Å². The summed E-state index contributed by atoms with van der Waals surface area (Å²) in [6.07, 6.45) is 0. The highest BCUT2D eigenvalue weighted by atomic mass is 32.2. The summed E-state index contributed by atoms with van der Waals surface area (Å²) < 4.78 is 2.47. The Morgan fingerprint density at radius 3 is 1.61 bits per heavy atom. The molecule has 1 aromatic heterocycles. The van der Waals surface area contributed by atoms with E-state index < -0.39 is 0 Å². The maximum absolute atomic E-state index is 2.47. The van der Waals surface area contributed by atoms with Crippen molar-refractivity contribution in [3.63, 3.8) is 0 Å². The van der Waals surface area contributed by atoms with Gasteiger partial charge in [-0.25, -0.2) is 0 Å². The molecule has 0 fully saturated rings. The van der Waals surface area contributed by atoms with Crippen LogP contribution in [-0.4, -0.2) is 4.57 Å². The smallest absolute Gasteiger partial charge is 0.0552 e. The highest BCUT2D eigenvalue weighted by molar-refractivity contribution is 7.99. The van der Waals surface area contributed by atoms with Gasteiger partial charge < -0.3 is 4.57 Å². The van der Waals surface area contributed by atoms with Crippen LogP contribution in [-0.2, 0) is 0 Å². The summed E-state index contributed by atoms with van der Waals surface area (Å²) in [6, 6.07) is 59.8. The summed E-state index contributed by atoms with van der Waals surface area (Å²) in [5.41, 5.74) is 13.6. The lowest BCUT2D eigenvalue weighted by Crippen LogP contribution is -1.96. The van der Waals surface area contributed by atoms with Crippen LogP contribution in [0.1, 0.15) is 0 Å². The number of benzene rings is 7. The molecule has 0 radical (unpaired) electrons. The molecule has 2 heterocycles. The molecule has 0 bridgehead atoms. The lowest BCUT2D eigenvalue weighted by molar-refractivity contribution is 1.18. The van der Waals surface area contributed by atoms with Crippen LogP contribution in [0.2, 0.25) is 0 Å². The largest absolute Gasteiger partial charge is 0.309 e. The molecule has 0 unspecified atom stereocenters. The fourth-order valence-corrected chi connectivity index (χ4v) is 7.87. The summed E-state index contributed by atoms with van der Waals surface area (Å²) in [5, 5.41) is 2.54. The zero-order valence-corrected chi connectivity index (χ0v) is 24.8. The molecule has 2 heteroatoms. The van der Waals surface area contributed by atoms with Crippen molar-refractivity contribution in [3.05, 3.63) is 164 Å². The minimum atomic E-state index is 1.16. The van der Waals surface area contributed by atoms with Crippen molar-refractivity contribution in [1.82, 2.24) is 4.57 Å². The molecular weight excluding hydrogens is 551 g/mol. The van der Waals surface area contributed by atoms with Gasteiger partial charge in [-0.05, 0) is 87.0 Å². The van der Waals surface area contributed by atoms with Crippen molar-refractivity contribution in [3.8, 4) is 50.2 Å². The van der Waals surface area contributed by atoms with Crippen molar-refractivity contribution in [2.75, 3.05) is 0 Å². The van der Waals surface area contributed by atoms with Crippen molar-refractivity contribution in [1.29, 1.82) is 0 Å². The Bertz CT molecular complexity index is 2290. The summed E-state index contributed by atoms with van der Waals surface area (Å²) in [4.78, 5) is 2.57. The second-order valence-corrected chi connectivity index (χ2v) is 12.4. The average molecular weight is 578 g/mol. The van der Waals surface area contributed by atoms with Gasteiger partial charge in [-0.2, -0.15) is 0 Å². The Hall–Kier alpha value is -5.31. The van der Waals surface area contributed by atoms with E-state index in [0.717, 1.165) is 5.69 Å². The third kappa shape index (κ3) is 4.03. The summed E-state index contributed by atoms with van der Waals surface area (Å²) in [6.45, 7) is 0. The third-order valence-electron chi connectivity index (χ3n) is 8.78. The molecule has 0 atom stereocenters. The number of rotatable bonds is 3. The fourth-order valence-electron chi connectivity index (χ4n) is 6.75. The van der Waals surface area contributed by atoms with E-state index in [-0.39, 0.29) is 0 Å². The topological polar surface area (TPSA) is 4.93 Å². The number of hydrogen-bond donors (Lipinski definition) is 0. The molecular formula is C42H27NS. The molecule has 7 aromatic carbocycles. The molecule has 8 aromatic rings. The fraction of sp³-hybridized carbons (Fsp3) is 0. The molecule has 0 saturated carbocycles. The van der Waals surface area contributed by atoms with E-state index in [1.165, 1.54) is 76.1 Å². The lowest BCUT2D eigenvalue weighted by atomic mass is 9.94. The Morgan fingerprint density at radius 1 is 0.341 bits per heavy atom. The molecule has 0 amide bonds. The quantitative estimate of drug-likeness (QED) is 0.202. The van der Waals surface area contributed by atoms with Crippen LogP contribution in [0.25, 0.3) is 72.0 Å². The third-order valence-corrected chi connectivity index (χ3v) is 9.91. The Morgan fingerprint density at radius 2 is 0.909 bits per heavy atom. The van der Waals surface area contributed by atoms with Gasteiger partial charge in [0, 0.05) is 26.3 Å². The molecule has 0 saturated heterocycles. The van der Waals surface area contributed by atoms with Crippen LogP contribution in [0, 0.1) is 0 Å². The van der Waals surface area contributed by atoms with Crippen LogP contribution in [0.5, 0.6) is 0 Å². The van der Waals surface area contributed by atoms with Gasteiger partial charge in [0.2, 0.25) is 0 Å². The summed E-state index contributed by atoms with van der Waals surface area (Å²) >= 11 is 1.88. The van der Waals surface area contributed by atoms with Crippen LogP contribution in [0.15, 0.2) is 174 Å². The maximum atomic E-state index is 2.47. The molecule has 9 rings (SSSR count). The molecule has 1 aliphatic heterocycles. The second-order valence-electron chi connectivity index (χ2n) is 11.4. The minimum absolute atomic E-state index is 1.16. The van der Waals surface area contributed by atoms with Crippen molar-refractivity contribution >= 4 is 33.6 Å². The Labute approximate surface area is 261 Å². The zero-order valence-electron chi connectivity index (χ0n) is 23.9. The molecule has 1 nitrogen and oxygen atoms in total. The number of aromatic nitrogens is 1. The van der Waals surface area contributed by atoms with Crippen molar-refractivity contribution in [2.24, 2.45) is 0 Å². The van der Waals surface area contributed by atoms with Gasteiger partial charge in [0.05, 0.1) is 11.0 Å². The first-order valence-electron chi connectivity index (χ1n) is 15.0. The van der Waals surface area contributed by atoms with Gasteiger partial charge in [0.1, 0.15) is 0 Å². The van der Waals surface area contributed by atoms with Crippen molar-refractivity contribution < 1.29 is 0 Å². The number of hydrogen-bond acceptors (Lipinski definition) is 1. The monoisotopic (exact) mass is 577 g/mol. The van der Waals surface area contributed by atoms with Crippen molar-refractivity contribution in [2.45, 2.75) is 9.79 Å². The minimum Gasteiger partial charge on any atom is -0.309 e. The van der Waals surface area contributed by atoms with Gasteiger partial charge in [0.25, 0.3) is 0 Å². The number of nitrogens with zero attached hydrogens (tertiary/aromatic N) is 1. The predicted octanol–water partition coefficient (Wildman–Crippen LogP) is 11.9. The summed E-state index contributed by atoms with van der Waals surface area (Å²) in [5.74, 6) is 0. The van der Waals surface area contributed by atoms with Crippen LogP contribution < -0.4 is 0 Å². The highest BCUT2D eigenvalue weighted by Gasteiger charge is 2.23. The van der Waals surface area contributed by atoms with E-state index in [9.17, 15) is 0 Å². The number of fused-ring (bicyclic) bond motifs is 8. The second kappa shape index (κ2) is 10.2. The van der Waals surface area contributed by atoms with Gasteiger partial charge in [0.15, 0.2) is 0 Å². The van der Waals surface area contributed by atoms with E-state index in [0.29, 0.717) is 0 Å². The molecule has 0 aliphatic carbocycles. The molecule has 1 aliphatic rings. The van der Waals surface area contributed by atoms with Gasteiger partial charge in [-0.3, -0.25) is 0 Å². The van der Waals surface area contributed by atoms with Gasteiger partial charge in [-0.15, -0.1) is 0 Å². The highest BCUT2D eigenvalue weighted by Crippen LogP contribution is 2.50. The lowest BCUT2D eigenvalue weighted by Gasteiger charge is -2.15. The zero-order chi connectivity index (χ0) is 29.0. The van der Waals surface area contributed by atoms with E-state index in [4.69, 9.17) is 0 Å². The van der Waals surface area contributed by atoms with Crippen LogP contribution in [0.3, 0.4) is 0 Å². The first kappa shape index (κ1) is 25.2. The molecule has 44 heavy (non-hydrogen) atoms. The predicted molar refractivity (Wildman–Crippen MR) is 187 cm³/mol. The van der Waals surface area contributed by atoms with Gasteiger partial charge >= 0.3 is 0 Å². The number of para-hydroxylation sites is 1. The normalized spacial score (nSPS) is 12.0. The Kier molecular flexibility index (Phi) is 5.82. The Balaban J connectivity index is 1.36. The standard InChI is InChI=1S/C42H27NS/c1-3-13-28(14-4-1)30-23-31(29-15-5-2-6-16-29)25-32(24-30)43-39-21-11-9-19-35(39)37-26-38-34-18-8-7-17-33(34)36-20-10-12-22-41(36)44-42(38)27-40(37)43/h1-27H. The van der Waals surface area contributed by atoms with Crippen LogP contribution in [0.4, 0.5) is 0 Å². The average Bonchev–Trinajstić information content (AvgIpc) is 3.34. The molecule has 0 spiro atoms. The SMILES string of the molecule is c1ccc(-c2cc(-c3ccccc3)cc(-n3c4ccccc4c4cc5c(cc43)Sc3ccccc3-c3ccccc3-5)c2)cc1. The molecule has 0 N–H and O–H groups in total. The maximum Gasteiger partial charge on any atom is 0.0552 e. The van der Waals surface area contributed by atoms with Crippen LogP contribution >= 0.6 is 11.8 Å². The first-order chi connectivity index (χ1) is 21.8.